The molecule has 0 aliphatic carbocycles. The molecule has 11 heteroatoms. The van der Waals surface area contributed by atoms with Gasteiger partial charge in [0.1, 0.15) is 5.75 Å². The molecule has 3 aromatic rings. The lowest BCUT2D eigenvalue weighted by Crippen LogP contribution is -2.23. The van der Waals surface area contributed by atoms with Gasteiger partial charge < -0.3 is 14.5 Å². The predicted molar refractivity (Wildman–Crippen MR) is 101 cm³/mol. The largest absolute Gasteiger partial charge is 0.435 e. The minimum atomic E-state index is -2.90. The molecule has 30 heavy (non-hydrogen) atoms. The van der Waals surface area contributed by atoms with Crippen molar-refractivity contribution in [3.8, 4) is 5.75 Å². The Labute approximate surface area is 168 Å². The Morgan fingerprint density at radius 1 is 1.23 bits per heavy atom. The molecule has 158 valence electrons. The smallest absolute Gasteiger partial charge is 0.419 e. The van der Waals surface area contributed by atoms with Gasteiger partial charge in [-0.2, -0.15) is 8.78 Å². The normalized spacial score (nSPS) is 11.0. The minimum Gasteiger partial charge on any atom is -0.435 e. The van der Waals surface area contributed by atoms with E-state index in [-0.39, 0.29) is 42.4 Å². The number of nitrogens with zero attached hydrogens (tertiary/aromatic N) is 2. The Hall–Kier alpha value is -3.76. The highest BCUT2D eigenvalue weighted by atomic mass is 19.3. The van der Waals surface area contributed by atoms with Crippen molar-refractivity contribution in [1.82, 2.24) is 9.88 Å². The maximum Gasteiger partial charge on any atom is 0.419 e. The first-order valence-corrected chi connectivity index (χ1v) is 8.92. The van der Waals surface area contributed by atoms with E-state index in [0.717, 1.165) is 0 Å². The summed E-state index contributed by atoms with van der Waals surface area (Å²) >= 11 is 0. The Kier molecular flexibility index (Phi) is 6.40. The standard InChI is InChI=1S/C19H17F2N3O6/c20-18(21)29-14-6-3-12(4-7-14)11-22-17(25)2-1-9-23-15-8-5-13(24(27)28)10-16(15)30-19(23)26/h3-8,10,18H,1-2,9,11H2,(H,22,25). The number of non-ortho nitro benzene ring substituents is 1. The first kappa shape index (κ1) is 21.0. The van der Waals surface area contributed by atoms with E-state index >= 15 is 0 Å². The summed E-state index contributed by atoms with van der Waals surface area (Å²) in [6.07, 6.45) is 0.483. The van der Waals surface area contributed by atoms with Gasteiger partial charge in [0.15, 0.2) is 5.58 Å². The molecule has 0 spiro atoms. The van der Waals surface area contributed by atoms with Gasteiger partial charge in [0.2, 0.25) is 5.91 Å². The molecule has 0 saturated carbocycles. The molecule has 0 aliphatic rings. The minimum absolute atomic E-state index is 0.0307. The van der Waals surface area contributed by atoms with Crippen LogP contribution in [0.15, 0.2) is 51.7 Å². The van der Waals surface area contributed by atoms with Crippen LogP contribution < -0.4 is 15.8 Å². The van der Waals surface area contributed by atoms with Crippen LogP contribution in [0.3, 0.4) is 0 Å². The highest BCUT2D eigenvalue weighted by molar-refractivity contribution is 5.76. The number of nitro benzene ring substituents is 1. The Morgan fingerprint density at radius 3 is 2.63 bits per heavy atom. The fourth-order valence-corrected chi connectivity index (χ4v) is 2.86. The van der Waals surface area contributed by atoms with Crippen molar-refractivity contribution < 1.29 is 27.7 Å². The maximum absolute atomic E-state index is 12.1. The van der Waals surface area contributed by atoms with Crippen LogP contribution in [-0.2, 0) is 17.9 Å². The maximum atomic E-state index is 12.1. The first-order chi connectivity index (χ1) is 14.3. The summed E-state index contributed by atoms with van der Waals surface area (Å²) in [5.74, 6) is -0.875. The van der Waals surface area contributed by atoms with Crippen LogP contribution >= 0.6 is 0 Å². The number of nitrogens with one attached hydrogen (secondary N) is 1. The van der Waals surface area contributed by atoms with Crippen molar-refractivity contribution >= 4 is 22.7 Å². The third kappa shape index (κ3) is 5.19. The number of hydrogen-bond acceptors (Lipinski definition) is 6. The molecule has 0 fully saturated rings. The van der Waals surface area contributed by atoms with Crippen LogP contribution in [0, 0.1) is 10.1 Å². The van der Waals surface area contributed by atoms with Crippen LogP contribution in [0.1, 0.15) is 18.4 Å². The van der Waals surface area contributed by atoms with Crippen LogP contribution in [0.25, 0.3) is 11.1 Å². The summed E-state index contributed by atoms with van der Waals surface area (Å²) in [6.45, 7) is -2.48. The van der Waals surface area contributed by atoms with Gasteiger partial charge in [-0.25, -0.2) is 4.79 Å². The molecule has 0 aliphatic heterocycles. The zero-order valence-electron chi connectivity index (χ0n) is 15.5. The number of aryl methyl sites for hydroxylation is 1. The van der Waals surface area contributed by atoms with E-state index in [1.807, 2.05) is 0 Å². The number of nitro groups is 1. The van der Waals surface area contributed by atoms with Crippen molar-refractivity contribution in [3.63, 3.8) is 0 Å². The lowest BCUT2D eigenvalue weighted by atomic mass is 10.2. The molecule has 3 rings (SSSR count). The highest BCUT2D eigenvalue weighted by Crippen LogP contribution is 2.20. The van der Waals surface area contributed by atoms with Crippen LogP contribution in [0.2, 0.25) is 0 Å². The number of benzene rings is 2. The number of halogens is 2. The van der Waals surface area contributed by atoms with Crippen molar-refractivity contribution in [3.05, 3.63) is 68.7 Å². The van der Waals surface area contributed by atoms with E-state index in [2.05, 4.69) is 10.1 Å². The van der Waals surface area contributed by atoms with Gasteiger partial charge in [0, 0.05) is 25.6 Å². The number of ether oxygens (including phenoxy) is 1. The predicted octanol–water partition coefficient (Wildman–Crippen LogP) is 3.20. The van der Waals surface area contributed by atoms with E-state index in [1.54, 1.807) is 12.1 Å². The SMILES string of the molecule is O=C(CCCn1c(=O)oc2cc([N+](=O)[O-])ccc21)NCc1ccc(OC(F)F)cc1. The summed E-state index contributed by atoms with van der Waals surface area (Å²) in [4.78, 5) is 34.2. The molecule has 0 radical (unpaired) electrons. The Balaban J connectivity index is 1.50. The molecule has 0 saturated heterocycles. The van der Waals surface area contributed by atoms with E-state index in [1.165, 1.54) is 34.9 Å². The molecule has 1 N–H and O–H groups in total. The zero-order chi connectivity index (χ0) is 21.7. The summed E-state index contributed by atoms with van der Waals surface area (Å²) in [6, 6.07) is 9.78. The summed E-state index contributed by atoms with van der Waals surface area (Å²) in [5.41, 5.74) is 1.05. The average Bonchev–Trinajstić information content (AvgIpc) is 3.01. The van der Waals surface area contributed by atoms with Gasteiger partial charge >= 0.3 is 12.4 Å². The highest BCUT2D eigenvalue weighted by Gasteiger charge is 2.14. The second kappa shape index (κ2) is 9.16. The quantitative estimate of drug-likeness (QED) is 0.419. The number of carbonyl (C=O) groups excluding carboxylic acids is 1. The summed E-state index contributed by atoms with van der Waals surface area (Å²) in [7, 11) is 0. The van der Waals surface area contributed by atoms with Gasteiger partial charge in [-0.1, -0.05) is 12.1 Å². The van der Waals surface area contributed by atoms with Gasteiger partial charge in [-0.3, -0.25) is 19.5 Å². The number of hydrogen-bond donors (Lipinski definition) is 1. The molecule has 1 aromatic heterocycles. The van der Waals surface area contributed by atoms with Gasteiger partial charge in [0.25, 0.3) is 5.69 Å². The Morgan fingerprint density at radius 2 is 1.97 bits per heavy atom. The molecule has 0 atom stereocenters. The third-order valence-corrected chi connectivity index (χ3v) is 4.29. The van der Waals surface area contributed by atoms with E-state index in [4.69, 9.17) is 4.42 Å². The number of fused-ring (bicyclic) bond motifs is 1. The average molecular weight is 421 g/mol. The number of carbonyl (C=O) groups is 1. The fraction of sp³-hybridized carbons (Fsp3) is 0.263. The lowest BCUT2D eigenvalue weighted by Gasteiger charge is -2.08. The van der Waals surface area contributed by atoms with Crippen molar-refractivity contribution in [2.75, 3.05) is 0 Å². The van der Waals surface area contributed by atoms with Crippen LogP contribution in [0.5, 0.6) is 5.75 Å². The molecule has 1 heterocycles. The number of amides is 1. The number of alkyl halides is 2. The molecule has 0 bridgehead atoms. The first-order valence-electron chi connectivity index (χ1n) is 8.92. The lowest BCUT2D eigenvalue weighted by molar-refractivity contribution is -0.384. The fourth-order valence-electron chi connectivity index (χ4n) is 2.86. The molecule has 1 amide bonds. The molecule has 2 aromatic carbocycles. The zero-order valence-corrected chi connectivity index (χ0v) is 15.5. The van der Waals surface area contributed by atoms with Crippen molar-refractivity contribution in [1.29, 1.82) is 0 Å². The summed E-state index contributed by atoms with van der Waals surface area (Å²) in [5, 5.41) is 13.5. The third-order valence-electron chi connectivity index (χ3n) is 4.29. The number of oxazole rings is 1. The molecule has 0 unspecified atom stereocenters. The second-order valence-corrected chi connectivity index (χ2v) is 6.33. The van der Waals surface area contributed by atoms with Crippen LogP contribution in [0.4, 0.5) is 14.5 Å². The number of aromatic nitrogens is 1. The van der Waals surface area contributed by atoms with E-state index < -0.39 is 17.3 Å². The topological polar surface area (TPSA) is 117 Å². The second-order valence-electron chi connectivity index (χ2n) is 6.33. The Bertz CT molecular complexity index is 1110. The monoisotopic (exact) mass is 421 g/mol. The molecular formula is C19H17F2N3O6. The van der Waals surface area contributed by atoms with Crippen molar-refractivity contribution in [2.24, 2.45) is 0 Å². The van der Waals surface area contributed by atoms with Crippen molar-refractivity contribution in [2.45, 2.75) is 32.5 Å². The number of rotatable bonds is 9. The van der Waals surface area contributed by atoms with Crippen LogP contribution in [-0.4, -0.2) is 22.0 Å². The summed E-state index contributed by atoms with van der Waals surface area (Å²) < 4.78 is 34.8. The molecule has 9 nitrogen and oxygen atoms in total. The van der Waals surface area contributed by atoms with Gasteiger partial charge in [-0.15, -0.1) is 0 Å². The molecular weight excluding hydrogens is 404 g/mol. The van der Waals surface area contributed by atoms with E-state index in [0.29, 0.717) is 17.5 Å². The van der Waals surface area contributed by atoms with E-state index in [9.17, 15) is 28.5 Å². The van der Waals surface area contributed by atoms with Gasteiger partial charge in [-0.05, 0) is 30.2 Å². The van der Waals surface area contributed by atoms with Gasteiger partial charge in [0.05, 0.1) is 16.5 Å².